The van der Waals surface area contributed by atoms with Crippen molar-refractivity contribution in [3.8, 4) is 0 Å². The van der Waals surface area contributed by atoms with E-state index < -0.39 is 5.92 Å². The monoisotopic (exact) mass is 146 g/mol. The Balaban J connectivity index is 4.12. The van der Waals surface area contributed by atoms with Gasteiger partial charge in [-0.3, -0.25) is 0 Å². The van der Waals surface area contributed by atoms with Crippen LogP contribution in [0.4, 0.5) is 8.78 Å². The van der Waals surface area contributed by atoms with E-state index in [0.717, 1.165) is 6.08 Å². The van der Waals surface area contributed by atoms with E-state index in [4.69, 9.17) is 0 Å². The molecule has 0 spiro atoms. The lowest BCUT2D eigenvalue weighted by Crippen LogP contribution is -2.12. The Morgan fingerprint density at radius 3 is 2.40 bits per heavy atom. The first-order chi connectivity index (χ1) is 4.50. The van der Waals surface area contributed by atoms with Gasteiger partial charge in [0.25, 0.3) is 5.92 Å². The van der Waals surface area contributed by atoms with Crippen molar-refractivity contribution in [2.45, 2.75) is 26.2 Å². The molecule has 0 bridgehead atoms. The van der Waals surface area contributed by atoms with Gasteiger partial charge in [0.2, 0.25) is 0 Å². The molecule has 2 heteroatoms. The van der Waals surface area contributed by atoms with Gasteiger partial charge in [0.05, 0.1) is 0 Å². The number of halogens is 2. The highest BCUT2D eigenvalue weighted by atomic mass is 19.3. The van der Waals surface area contributed by atoms with Crippen molar-refractivity contribution in [3.63, 3.8) is 0 Å². The van der Waals surface area contributed by atoms with Crippen LogP contribution in [0.3, 0.4) is 0 Å². The molecule has 0 atom stereocenters. The quantitative estimate of drug-likeness (QED) is 0.536. The van der Waals surface area contributed by atoms with Crippen LogP contribution in [0, 0.1) is 0 Å². The van der Waals surface area contributed by atoms with Crippen molar-refractivity contribution in [2.75, 3.05) is 0 Å². The Bertz CT molecular complexity index is 145. The van der Waals surface area contributed by atoms with E-state index in [1.807, 2.05) is 6.92 Å². The average Bonchev–Trinajstić information content (AvgIpc) is 1.84. The highest BCUT2D eigenvalue weighted by Crippen LogP contribution is 2.23. The standard InChI is InChI=1S/C8H12F2/c1-4-5-6-8(9,10)7(2)3/h5-6H,2,4H2,1,3H3/b6-5+. The van der Waals surface area contributed by atoms with Crippen molar-refractivity contribution in [3.05, 3.63) is 24.3 Å². The summed E-state index contributed by atoms with van der Waals surface area (Å²) in [4.78, 5) is 0. The number of hydrogen-bond donors (Lipinski definition) is 0. The van der Waals surface area contributed by atoms with E-state index in [1.165, 1.54) is 13.0 Å². The average molecular weight is 146 g/mol. The second kappa shape index (κ2) is 3.49. The smallest absolute Gasteiger partial charge is 0.197 e. The number of hydrogen-bond acceptors (Lipinski definition) is 0. The maximum absolute atomic E-state index is 12.5. The van der Waals surface area contributed by atoms with Gasteiger partial charge in [-0.25, -0.2) is 0 Å². The largest absolute Gasteiger partial charge is 0.287 e. The maximum Gasteiger partial charge on any atom is 0.287 e. The third kappa shape index (κ3) is 2.76. The summed E-state index contributed by atoms with van der Waals surface area (Å²) < 4.78 is 25.1. The first-order valence-corrected chi connectivity index (χ1v) is 3.22. The molecule has 58 valence electrons. The van der Waals surface area contributed by atoms with Gasteiger partial charge in [-0.1, -0.05) is 19.6 Å². The first-order valence-electron chi connectivity index (χ1n) is 3.22. The molecule has 0 saturated heterocycles. The Morgan fingerprint density at radius 2 is 2.10 bits per heavy atom. The number of allylic oxidation sites excluding steroid dienone is 3. The highest BCUT2D eigenvalue weighted by Gasteiger charge is 2.24. The van der Waals surface area contributed by atoms with Gasteiger partial charge in [0.15, 0.2) is 0 Å². The second-order valence-electron chi connectivity index (χ2n) is 2.21. The molecule has 0 amide bonds. The molecule has 10 heavy (non-hydrogen) atoms. The molecule has 0 aromatic carbocycles. The van der Waals surface area contributed by atoms with Crippen LogP contribution in [0.15, 0.2) is 24.3 Å². The lowest BCUT2D eigenvalue weighted by Gasteiger charge is -2.09. The Morgan fingerprint density at radius 1 is 1.60 bits per heavy atom. The highest BCUT2D eigenvalue weighted by molar-refractivity contribution is 5.14. The van der Waals surface area contributed by atoms with Crippen LogP contribution in [-0.4, -0.2) is 5.92 Å². The van der Waals surface area contributed by atoms with Crippen LogP contribution in [0.2, 0.25) is 0 Å². The normalized spacial score (nSPS) is 12.4. The summed E-state index contributed by atoms with van der Waals surface area (Å²) in [6.45, 7) is 6.31. The molecular formula is C8H12F2. The third-order valence-electron chi connectivity index (χ3n) is 1.13. The maximum atomic E-state index is 12.5. The van der Waals surface area contributed by atoms with Crippen LogP contribution >= 0.6 is 0 Å². The third-order valence-corrected chi connectivity index (χ3v) is 1.13. The zero-order valence-corrected chi connectivity index (χ0v) is 6.32. The van der Waals surface area contributed by atoms with E-state index >= 15 is 0 Å². The van der Waals surface area contributed by atoms with E-state index in [2.05, 4.69) is 6.58 Å². The summed E-state index contributed by atoms with van der Waals surface area (Å²) in [5, 5.41) is 0. The fourth-order valence-electron chi connectivity index (χ4n) is 0.408. The summed E-state index contributed by atoms with van der Waals surface area (Å²) in [6.07, 6.45) is 2.95. The van der Waals surface area contributed by atoms with E-state index in [0.29, 0.717) is 6.42 Å². The van der Waals surface area contributed by atoms with Gasteiger partial charge in [-0.05, 0) is 25.0 Å². The van der Waals surface area contributed by atoms with Crippen LogP contribution in [0.5, 0.6) is 0 Å². The van der Waals surface area contributed by atoms with Crippen molar-refractivity contribution in [2.24, 2.45) is 0 Å². The minimum absolute atomic E-state index is 0.114. The molecule has 0 aromatic rings. The first kappa shape index (κ1) is 9.34. The van der Waals surface area contributed by atoms with Gasteiger partial charge in [-0.2, -0.15) is 8.78 Å². The Kier molecular flexibility index (Phi) is 3.26. The number of alkyl halides is 2. The Hall–Kier alpha value is -0.660. The number of rotatable bonds is 3. The van der Waals surface area contributed by atoms with Crippen molar-refractivity contribution >= 4 is 0 Å². The van der Waals surface area contributed by atoms with E-state index in [1.54, 1.807) is 0 Å². The fraction of sp³-hybridized carbons (Fsp3) is 0.500. The van der Waals surface area contributed by atoms with E-state index in [9.17, 15) is 8.78 Å². The van der Waals surface area contributed by atoms with Crippen LogP contribution in [-0.2, 0) is 0 Å². The van der Waals surface area contributed by atoms with Crippen molar-refractivity contribution in [1.82, 2.24) is 0 Å². The SMILES string of the molecule is C=C(C)C(F)(F)/C=C/CC. The fourth-order valence-corrected chi connectivity index (χ4v) is 0.408. The van der Waals surface area contributed by atoms with Gasteiger partial charge in [0, 0.05) is 0 Å². The summed E-state index contributed by atoms with van der Waals surface area (Å²) in [6, 6.07) is 0. The molecule has 0 fully saturated rings. The summed E-state index contributed by atoms with van der Waals surface area (Å²) in [7, 11) is 0. The second-order valence-corrected chi connectivity index (χ2v) is 2.21. The van der Waals surface area contributed by atoms with Crippen LogP contribution in [0.25, 0.3) is 0 Å². The van der Waals surface area contributed by atoms with Crippen LogP contribution in [0.1, 0.15) is 20.3 Å². The topological polar surface area (TPSA) is 0 Å². The lowest BCUT2D eigenvalue weighted by atomic mass is 10.1. The minimum Gasteiger partial charge on any atom is -0.197 e. The predicted octanol–water partition coefficient (Wildman–Crippen LogP) is 3.16. The van der Waals surface area contributed by atoms with Gasteiger partial charge in [-0.15, -0.1) is 0 Å². The molecule has 0 aliphatic rings. The zero-order chi connectivity index (χ0) is 8.20. The minimum atomic E-state index is -2.82. The molecule has 0 heterocycles. The lowest BCUT2D eigenvalue weighted by molar-refractivity contribution is 0.0974. The Labute approximate surface area is 60.2 Å². The molecule has 0 saturated carbocycles. The van der Waals surface area contributed by atoms with Crippen molar-refractivity contribution < 1.29 is 8.78 Å². The summed E-state index contributed by atoms with van der Waals surface area (Å²) in [5.74, 6) is -2.82. The molecule has 0 radical (unpaired) electrons. The molecule has 0 aromatic heterocycles. The zero-order valence-electron chi connectivity index (χ0n) is 6.32. The molecular weight excluding hydrogens is 134 g/mol. The molecule has 0 N–H and O–H groups in total. The predicted molar refractivity (Wildman–Crippen MR) is 39.2 cm³/mol. The molecule has 0 nitrogen and oxygen atoms in total. The molecule has 0 rings (SSSR count). The van der Waals surface area contributed by atoms with Crippen molar-refractivity contribution in [1.29, 1.82) is 0 Å². The van der Waals surface area contributed by atoms with Crippen LogP contribution < -0.4 is 0 Å². The molecule has 0 aliphatic heterocycles. The van der Waals surface area contributed by atoms with Gasteiger partial charge < -0.3 is 0 Å². The molecule has 0 aliphatic carbocycles. The summed E-state index contributed by atoms with van der Waals surface area (Å²) in [5.41, 5.74) is -0.114. The van der Waals surface area contributed by atoms with E-state index in [-0.39, 0.29) is 5.57 Å². The summed E-state index contributed by atoms with van der Waals surface area (Å²) >= 11 is 0. The van der Waals surface area contributed by atoms with Gasteiger partial charge in [0.1, 0.15) is 0 Å². The van der Waals surface area contributed by atoms with Gasteiger partial charge >= 0.3 is 0 Å². The molecule has 0 unspecified atom stereocenters.